The van der Waals surface area contributed by atoms with Gasteiger partial charge < -0.3 is 4.74 Å². The summed E-state index contributed by atoms with van der Waals surface area (Å²) in [5.74, 6) is 0. The van der Waals surface area contributed by atoms with Crippen LogP contribution in [0.5, 0.6) is 0 Å². The highest BCUT2D eigenvalue weighted by Crippen LogP contribution is 2.45. The van der Waals surface area contributed by atoms with Crippen molar-refractivity contribution in [2.75, 3.05) is 0 Å². The van der Waals surface area contributed by atoms with Crippen molar-refractivity contribution in [3.63, 3.8) is 0 Å². The summed E-state index contributed by atoms with van der Waals surface area (Å²) in [6.45, 7) is 2.03. The zero-order valence-electron chi connectivity index (χ0n) is 12.2. The van der Waals surface area contributed by atoms with Crippen LogP contribution < -0.4 is 0 Å². The van der Waals surface area contributed by atoms with E-state index in [-0.39, 0.29) is 11.5 Å². The number of epoxide rings is 1. The molecule has 110 valence electrons. The second kappa shape index (κ2) is 5.34. The van der Waals surface area contributed by atoms with E-state index in [2.05, 4.69) is 24.3 Å². The van der Waals surface area contributed by atoms with Gasteiger partial charge in [0.2, 0.25) is 0 Å². The van der Waals surface area contributed by atoms with Crippen LogP contribution in [-0.4, -0.2) is 9.64 Å². The highest BCUT2D eigenvalue weighted by Gasteiger charge is 2.46. The van der Waals surface area contributed by atoms with Crippen molar-refractivity contribution in [3.05, 3.63) is 77.9 Å². The molecule has 0 N–H and O–H groups in total. The molecule has 1 aliphatic rings. The van der Waals surface area contributed by atoms with E-state index in [0.29, 0.717) is 0 Å². The fraction of sp³-hybridized carbons (Fsp3) is 0.158. The Hall–Kier alpha value is -1.97. The molecule has 3 aromatic rings. The number of aryl methyl sites for hydroxylation is 1. The summed E-state index contributed by atoms with van der Waals surface area (Å²) in [4.78, 5) is 0.832. The molecule has 1 fully saturated rings. The maximum Gasteiger partial charge on any atom is 0.168 e. The topological polar surface area (TPSA) is 29.6 Å². The Bertz CT molecular complexity index is 849. The van der Waals surface area contributed by atoms with E-state index in [4.69, 9.17) is 4.74 Å². The molecule has 1 unspecified atom stereocenters. The van der Waals surface area contributed by atoms with E-state index in [0.717, 1.165) is 10.5 Å². The van der Waals surface area contributed by atoms with Gasteiger partial charge in [-0.2, -0.15) is 0 Å². The van der Waals surface area contributed by atoms with Gasteiger partial charge in [-0.1, -0.05) is 60.2 Å². The minimum Gasteiger partial charge on any atom is -0.350 e. The summed E-state index contributed by atoms with van der Waals surface area (Å²) in [6.07, 6.45) is -0.0757. The zero-order chi connectivity index (χ0) is 15.1. The second-order valence-corrected chi connectivity index (χ2v) is 7.13. The number of fused-ring (bicyclic) bond motifs is 1. The highest BCUT2D eigenvalue weighted by atomic mass is 32.2. The Morgan fingerprint density at radius 2 is 1.64 bits per heavy atom. The Kier molecular flexibility index (Phi) is 3.32. The van der Waals surface area contributed by atoms with Gasteiger partial charge in [0.1, 0.15) is 6.10 Å². The minimum absolute atomic E-state index is 0.0757. The largest absolute Gasteiger partial charge is 0.350 e. The summed E-state index contributed by atoms with van der Waals surface area (Å²) in [6, 6.07) is 22.3. The van der Waals surface area contributed by atoms with Crippen LogP contribution in [-0.2, 0) is 15.5 Å². The summed E-state index contributed by atoms with van der Waals surface area (Å²) in [5, 5.41) is 2.37. The molecular weight excluding hydrogens is 292 g/mol. The second-order valence-electron chi connectivity index (χ2n) is 5.60. The number of benzene rings is 3. The lowest BCUT2D eigenvalue weighted by Gasteiger charge is -2.04. The molecule has 2 nitrogen and oxygen atoms in total. The van der Waals surface area contributed by atoms with Crippen molar-refractivity contribution in [1.82, 2.24) is 0 Å². The lowest BCUT2D eigenvalue weighted by atomic mass is 10.0. The van der Waals surface area contributed by atoms with E-state index in [1.807, 2.05) is 49.4 Å². The Morgan fingerprint density at radius 3 is 2.45 bits per heavy atom. The third-order valence-corrected chi connectivity index (χ3v) is 5.56. The van der Waals surface area contributed by atoms with Crippen molar-refractivity contribution in [1.29, 1.82) is 0 Å². The van der Waals surface area contributed by atoms with Crippen LogP contribution in [0.15, 0.2) is 71.6 Å². The molecule has 3 atom stereocenters. The van der Waals surface area contributed by atoms with Crippen molar-refractivity contribution in [2.45, 2.75) is 23.4 Å². The van der Waals surface area contributed by atoms with Crippen LogP contribution in [0.2, 0.25) is 0 Å². The van der Waals surface area contributed by atoms with E-state index in [1.54, 1.807) is 0 Å². The first-order valence-electron chi connectivity index (χ1n) is 7.34. The standard InChI is InChI=1S/C19H16O2S/c1-13-9-11-15(12-10-13)22(20)19-18(21-19)17-8-4-6-14-5-2-3-7-16(14)17/h2-12,18-19H,1H3/t18-,19-,22?/m0/s1. The summed E-state index contributed by atoms with van der Waals surface area (Å²) >= 11 is 0. The number of hydrogen-bond donors (Lipinski definition) is 0. The summed E-state index contributed by atoms with van der Waals surface area (Å²) in [7, 11) is -1.13. The normalized spacial score (nSPS) is 21.7. The Morgan fingerprint density at radius 1 is 0.909 bits per heavy atom. The molecule has 4 rings (SSSR count). The van der Waals surface area contributed by atoms with Crippen molar-refractivity contribution >= 4 is 21.6 Å². The van der Waals surface area contributed by atoms with Gasteiger partial charge in [0.25, 0.3) is 0 Å². The Labute approximate surface area is 132 Å². The monoisotopic (exact) mass is 308 g/mol. The summed E-state index contributed by atoms with van der Waals surface area (Å²) in [5.41, 5.74) is 2.06. The lowest BCUT2D eigenvalue weighted by Crippen LogP contribution is -2.01. The molecule has 0 aliphatic carbocycles. The van der Waals surface area contributed by atoms with Crippen molar-refractivity contribution < 1.29 is 8.95 Å². The fourth-order valence-corrected chi connectivity index (χ4v) is 4.05. The van der Waals surface area contributed by atoms with Gasteiger partial charge in [0.05, 0.1) is 10.8 Å². The maximum atomic E-state index is 12.6. The molecule has 0 bridgehead atoms. The molecule has 22 heavy (non-hydrogen) atoms. The van der Waals surface area contributed by atoms with Gasteiger partial charge in [0, 0.05) is 4.90 Å². The van der Waals surface area contributed by atoms with Crippen molar-refractivity contribution in [2.24, 2.45) is 0 Å². The van der Waals surface area contributed by atoms with Crippen LogP contribution in [0.3, 0.4) is 0 Å². The number of ether oxygens (including phenoxy) is 1. The van der Waals surface area contributed by atoms with Gasteiger partial charge in [-0.25, -0.2) is 0 Å². The molecule has 1 saturated heterocycles. The van der Waals surface area contributed by atoms with Crippen LogP contribution >= 0.6 is 0 Å². The number of rotatable bonds is 3. The van der Waals surface area contributed by atoms with Gasteiger partial charge in [-0.3, -0.25) is 4.21 Å². The van der Waals surface area contributed by atoms with Crippen molar-refractivity contribution in [3.8, 4) is 0 Å². The molecule has 0 spiro atoms. The van der Waals surface area contributed by atoms with Gasteiger partial charge in [0.15, 0.2) is 5.44 Å². The maximum absolute atomic E-state index is 12.6. The van der Waals surface area contributed by atoms with E-state index in [9.17, 15) is 4.21 Å². The van der Waals surface area contributed by atoms with Gasteiger partial charge in [-0.15, -0.1) is 0 Å². The molecular formula is C19H16O2S. The van der Waals surface area contributed by atoms with Gasteiger partial charge in [-0.05, 0) is 35.4 Å². The first-order valence-corrected chi connectivity index (χ1v) is 8.56. The molecule has 3 aromatic carbocycles. The minimum atomic E-state index is -1.13. The average molecular weight is 308 g/mol. The first-order chi connectivity index (χ1) is 10.7. The first kappa shape index (κ1) is 13.7. The molecule has 3 heteroatoms. The molecule has 1 heterocycles. The predicted molar refractivity (Wildman–Crippen MR) is 89.1 cm³/mol. The SMILES string of the molecule is Cc1ccc(S(=O)[C@@H]2O[C@H]2c2cccc3ccccc23)cc1. The van der Waals surface area contributed by atoms with E-state index in [1.165, 1.54) is 16.3 Å². The predicted octanol–water partition coefficient (Wildman–Crippen LogP) is 4.35. The van der Waals surface area contributed by atoms with Crippen LogP contribution in [0, 0.1) is 6.92 Å². The quantitative estimate of drug-likeness (QED) is 0.673. The molecule has 0 aromatic heterocycles. The molecule has 0 amide bonds. The van der Waals surface area contributed by atoms with Crippen LogP contribution in [0.4, 0.5) is 0 Å². The third kappa shape index (κ3) is 2.36. The average Bonchev–Trinajstić information content (AvgIpc) is 3.35. The van der Waals surface area contributed by atoms with Crippen LogP contribution in [0.25, 0.3) is 10.8 Å². The summed E-state index contributed by atoms with van der Waals surface area (Å²) < 4.78 is 18.4. The Balaban J connectivity index is 1.63. The molecule has 0 radical (unpaired) electrons. The number of hydrogen-bond acceptors (Lipinski definition) is 2. The fourth-order valence-electron chi connectivity index (χ4n) is 2.79. The molecule has 1 aliphatic heterocycles. The zero-order valence-corrected chi connectivity index (χ0v) is 13.0. The third-order valence-electron chi connectivity index (χ3n) is 4.05. The molecule has 0 saturated carbocycles. The van der Waals surface area contributed by atoms with Gasteiger partial charge >= 0.3 is 0 Å². The van der Waals surface area contributed by atoms with Crippen LogP contribution in [0.1, 0.15) is 17.2 Å². The lowest BCUT2D eigenvalue weighted by molar-refractivity contribution is 0.404. The van der Waals surface area contributed by atoms with E-state index >= 15 is 0 Å². The van der Waals surface area contributed by atoms with E-state index < -0.39 is 10.8 Å². The smallest absolute Gasteiger partial charge is 0.168 e. The highest BCUT2D eigenvalue weighted by molar-refractivity contribution is 7.85.